The van der Waals surface area contributed by atoms with Gasteiger partial charge in [0.05, 0.1) is 4.88 Å². The fourth-order valence-corrected chi connectivity index (χ4v) is 3.61. The van der Waals surface area contributed by atoms with Crippen LogP contribution in [0.5, 0.6) is 5.75 Å². The van der Waals surface area contributed by atoms with Gasteiger partial charge in [-0.2, -0.15) is 0 Å². The van der Waals surface area contributed by atoms with Crippen LogP contribution in [0.4, 0.5) is 0 Å². The summed E-state index contributed by atoms with van der Waals surface area (Å²) in [7, 11) is 0. The third-order valence-electron chi connectivity index (χ3n) is 2.71. The highest BCUT2D eigenvalue weighted by Crippen LogP contribution is 2.29. The number of thiophene rings is 1. The lowest BCUT2D eigenvalue weighted by Crippen LogP contribution is -1.99. The molecule has 2 aromatic rings. The summed E-state index contributed by atoms with van der Waals surface area (Å²) in [4.78, 5) is 1.22. The Labute approximate surface area is 128 Å². The lowest BCUT2D eigenvalue weighted by atomic mass is 10.1. The Balaban J connectivity index is 2.17. The van der Waals surface area contributed by atoms with Crippen LogP contribution < -0.4 is 4.74 Å². The van der Waals surface area contributed by atoms with Crippen molar-refractivity contribution in [2.24, 2.45) is 0 Å². The Hall–Kier alpha value is -0.320. The molecule has 0 N–H and O–H groups in total. The molecular weight excluding hydrogens is 376 g/mol. The van der Waals surface area contributed by atoms with Crippen LogP contribution in [0.15, 0.2) is 28.1 Å². The van der Waals surface area contributed by atoms with E-state index in [1.165, 1.54) is 21.6 Å². The van der Waals surface area contributed by atoms with Crippen LogP contribution in [-0.2, 0) is 11.9 Å². The van der Waals surface area contributed by atoms with Gasteiger partial charge in [-0.25, -0.2) is 0 Å². The molecule has 0 spiro atoms. The van der Waals surface area contributed by atoms with Crippen molar-refractivity contribution in [3.05, 3.63) is 49.6 Å². The molecule has 1 nitrogen and oxygen atoms in total. The molecule has 1 aromatic carbocycles. The third-order valence-corrected chi connectivity index (χ3v) is 5.26. The van der Waals surface area contributed by atoms with E-state index in [1.54, 1.807) is 11.3 Å². The Morgan fingerprint density at radius 1 is 1.22 bits per heavy atom. The van der Waals surface area contributed by atoms with E-state index >= 15 is 0 Å². The zero-order valence-electron chi connectivity index (χ0n) is 10.3. The summed E-state index contributed by atoms with van der Waals surface area (Å²) >= 11 is 8.72. The average Bonchev–Trinajstić information content (AvgIpc) is 2.73. The molecule has 0 unspecified atom stereocenters. The highest BCUT2D eigenvalue weighted by Gasteiger charge is 2.08. The average molecular weight is 390 g/mol. The first kappa shape index (κ1) is 14.1. The van der Waals surface area contributed by atoms with Crippen LogP contribution in [0.1, 0.15) is 21.6 Å². The van der Waals surface area contributed by atoms with Gasteiger partial charge in [-0.15, -0.1) is 11.3 Å². The molecule has 0 amide bonds. The van der Waals surface area contributed by atoms with Crippen LogP contribution >= 0.6 is 43.2 Å². The van der Waals surface area contributed by atoms with E-state index in [9.17, 15) is 0 Å². The van der Waals surface area contributed by atoms with Gasteiger partial charge >= 0.3 is 0 Å². The molecule has 0 atom stereocenters. The van der Waals surface area contributed by atoms with Gasteiger partial charge in [0.15, 0.2) is 0 Å². The number of benzene rings is 1. The summed E-state index contributed by atoms with van der Waals surface area (Å²) in [5.74, 6) is 1.00. The summed E-state index contributed by atoms with van der Waals surface area (Å²) in [6.07, 6.45) is 0. The van der Waals surface area contributed by atoms with Crippen LogP contribution in [0, 0.1) is 13.8 Å². The second-order valence-corrected chi connectivity index (χ2v) is 6.59. The van der Waals surface area contributed by atoms with Gasteiger partial charge in [0.2, 0.25) is 0 Å². The molecule has 1 heterocycles. The van der Waals surface area contributed by atoms with Crippen molar-refractivity contribution in [2.75, 3.05) is 0 Å². The molecule has 0 aliphatic heterocycles. The van der Waals surface area contributed by atoms with Crippen LogP contribution in [0.25, 0.3) is 0 Å². The van der Waals surface area contributed by atoms with Crippen LogP contribution in [-0.4, -0.2) is 0 Å². The molecule has 0 fully saturated rings. The molecule has 0 bridgehead atoms. The van der Waals surface area contributed by atoms with Gasteiger partial charge < -0.3 is 4.74 Å². The Kier molecular flexibility index (Phi) is 4.87. The molecule has 1 aromatic heterocycles. The smallest absolute Gasteiger partial charge is 0.125 e. The second-order valence-electron chi connectivity index (χ2n) is 4.17. The van der Waals surface area contributed by atoms with E-state index < -0.39 is 0 Å². The largest absolute Gasteiger partial charge is 0.487 e. The van der Waals surface area contributed by atoms with E-state index in [0.717, 1.165) is 15.6 Å². The Morgan fingerprint density at radius 2 is 1.89 bits per heavy atom. The van der Waals surface area contributed by atoms with Crippen molar-refractivity contribution >= 4 is 43.2 Å². The number of hydrogen-bond acceptors (Lipinski definition) is 2. The zero-order valence-corrected chi connectivity index (χ0v) is 14.3. The van der Waals surface area contributed by atoms with Gasteiger partial charge in [-0.1, -0.05) is 28.1 Å². The number of ether oxygens (including phenoxy) is 1. The van der Waals surface area contributed by atoms with E-state index in [-0.39, 0.29) is 0 Å². The van der Waals surface area contributed by atoms with Gasteiger partial charge in [0.1, 0.15) is 12.4 Å². The maximum atomic E-state index is 5.96. The molecule has 0 saturated carbocycles. The highest BCUT2D eigenvalue weighted by molar-refractivity contribution is 9.10. The van der Waals surface area contributed by atoms with E-state index in [1.807, 2.05) is 0 Å². The number of halogens is 2. The normalized spacial score (nSPS) is 10.7. The fraction of sp³-hybridized carbons (Fsp3) is 0.286. The molecule has 18 heavy (non-hydrogen) atoms. The van der Waals surface area contributed by atoms with Gasteiger partial charge in [-0.3, -0.25) is 0 Å². The predicted octanol–water partition coefficient (Wildman–Crippen LogP) is 5.60. The maximum absolute atomic E-state index is 5.96. The minimum absolute atomic E-state index is 0.619. The maximum Gasteiger partial charge on any atom is 0.125 e. The van der Waals surface area contributed by atoms with Gasteiger partial charge in [-0.05, 0) is 57.9 Å². The first-order chi connectivity index (χ1) is 8.61. The molecule has 0 saturated heterocycles. The Bertz CT molecular complexity index is 525. The minimum atomic E-state index is 0.619. The van der Waals surface area contributed by atoms with Crippen molar-refractivity contribution in [3.63, 3.8) is 0 Å². The SMILES string of the molecule is Cc1cc(CBr)cc(C)c1OCc1sccc1Br. The fourth-order valence-electron chi connectivity index (χ4n) is 1.91. The Morgan fingerprint density at radius 3 is 2.39 bits per heavy atom. The second kappa shape index (κ2) is 6.22. The van der Waals surface area contributed by atoms with E-state index in [4.69, 9.17) is 4.74 Å². The van der Waals surface area contributed by atoms with Crippen molar-refractivity contribution in [3.8, 4) is 5.75 Å². The molecule has 4 heteroatoms. The first-order valence-corrected chi connectivity index (χ1v) is 8.42. The molecule has 0 aliphatic rings. The quantitative estimate of drug-likeness (QED) is 0.618. The van der Waals surface area contributed by atoms with Gasteiger partial charge in [0, 0.05) is 9.80 Å². The minimum Gasteiger partial charge on any atom is -0.487 e. The number of aryl methyl sites for hydroxylation is 2. The van der Waals surface area contributed by atoms with Crippen molar-refractivity contribution in [2.45, 2.75) is 25.8 Å². The monoisotopic (exact) mass is 388 g/mol. The molecule has 0 aliphatic carbocycles. The summed E-state index contributed by atoms with van der Waals surface area (Å²) in [5.41, 5.74) is 3.67. The molecular formula is C14H14Br2OS. The van der Waals surface area contributed by atoms with Crippen molar-refractivity contribution in [1.29, 1.82) is 0 Å². The van der Waals surface area contributed by atoms with Crippen molar-refractivity contribution < 1.29 is 4.74 Å². The van der Waals surface area contributed by atoms with Crippen LogP contribution in [0.2, 0.25) is 0 Å². The predicted molar refractivity (Wildman–Crippen MR) is 84.9 cm³/mol. The summed E-state index contributed by atoms with van der Waals surface area (Å²) in [6, 6.07) is 6.39. The third kappa shape index (κ3) is 3.16. The summed E-state index contributed by atoms with van der Waals surface area (Å²) < 4.78 is 7.08. The van der Waals surface area contributed by atoms with Gasteiger partial charge in [0.25, 0.3) is 0 Å². The number of rotatable bonds is 4. The van der Waals surface area contributed by atoms with Crippen molar-refractivity contribution in [1.82, 2.24) is 0 Å². The van der Waals surface area contributed by atoms with E-state index in [2.05, 4.69) is 69.3 Å². The lowest BCUT2D eigenvalue weighted by Gasteiger charge is -2.13. The molecule has 2 rings (SSSR count). The number of alkyl halides is 1. The summed E-state index contributed by atoms with van der Waals surface area (Å²) in [6.45, 7) is 4.81. The number of hydrogen-bond donors (Lipinski definition) is 0. The summed E-state index contributed by atoms with van der Waals surface area (Å²) in [5, 5.41) is 2.95. The zero-order chi connectivity index (χ0) is 13.1. The first-order valence-electron chi connectivity index (χ1n) is 5.62. The highest BCUT2D eigenvalue weighted by atomic mass is 79.9. The van der Waals surface area contributed by atoms with E-state index in [0.29, 0.717) is 6.61 Å². The standard InChI is InChI=1S/C14H14Br2OS/c1-9-5-11(7-15)6-10(2)14(9)17-8-13-12(16)3-4-18-13/h3-6H,7-8H2,1-2H3. The molecule has 96 valence electrons. The van der Waals surface area contributed by atoms with Crippen LogP contribution in [0.3, 0.4) is 0 Å². The topological polar surface area (TPSA) is 9.23 Å². The lowest BCUT2D eigenvalue weighted by molar-refractivity contribution is 0.305. The molecule has 0 radical (unpaired) electrons.